The van der Waals surface area contributed by atoms with E-state index in [4.69, 9.17) is 10.8 Å². The number of benzene rings is 1. The largest absolute Gasteiger partial charge is 0.507 e. The van der Waals surface area contributed by atoms with E-state index in [-0.39, 0.29) is 35.0 Å². The molecular weight excluding hydrogens is 316 g/mol. The van der Waals surface area contributed by atoms with Crippen molar-refractivity contribution < 1.29 is 15.0 Å². The number of anilines is 2. The summed E-state index contributed by atoms with van der Waals surface area (Å²) in [5, 5.41) is 21.5. The molecule has 122 valence electrons. The van der Waals surface area contributed by atoms with Crippen molar-refractivity contribution in [1.29, 1.82) is 0 Å². The quantitative estimate of drug-likeness (QED) is 0.452. The van der Waals surface area contributed by atoms with Crippen LogP contribution in [0.3, 0.4) is 0 Å². The number of aromatic carboxylic acids is 1. The summed E-state index contributed by atoms with van der Waals surface area (Å²) >= 11 is 0. The van der Waals surface area contributed by atoms with Crippen LogP contribution in [0, 0.1) is 0 Å². The Kier molecular flexibility index (Phi) is 3.70. The molecule has 10 nitrogen and oxygen atoms in total. The van der Waals surface area contributed by atoms with Gasteiger partial charge in [0.25, 0.3) is 5.56 Å². The maximum Gasteiger partial charge on any atom is 0.339 e. The Morgan fingerprint density at radius 3 is 2.83 bits per heavy atom. The van der Waals surface area contributed by atoms with Gasteiger partial charge in [0.2, 0.25) is 5.95 Å². The van der Waals surface area contributed by atoms with E-state index < -0.39 is 11.5 Å². The lowest BCUT2D eigenvalue weighted by Crippen LogP contribution is -2.15. The third-order valence-corrected chi connectivity index (χ3v) is 3.19. The fourth-order valence-corrected chi connectivity index (χ4v) is 2.07. The number of phenols is 1. The second-order valence-corrected chi connectivity index (χ2v) is 4.88. The van der Waals surface area contributed by atoms with Gasteiger partial charge in [-0.1, -0.05) is 0 Å². The molecule has 0 saturated carbocycles. The summed E-state index contributed by atoms with van der Waals surface area (Å²) in [5.74, 6) is -1.61. The molecule has 0 aliphatic heterocycles. The van der Waals surface area contributed by atoms with E-state index in [9.17, 15) is 14.7 Å². The summed E-state index contributed by atoms with van der Waals surface area (Å²) in [6, 6.07) is 4.07. The smallest absolute Gasteiger partial charge is 0.339 e. The second kappa shape index (κ2) is 5.83. The number of hydrogen-bond acceptors (Lipinski definition) is 8. The van der Waals surface area contributed by atoms with Gasteiger partial charge in [-0.25, -0.2) is 14.8 Å². The Balaban J connectivity index is 1.82. The molecule has 0 bridgehead atoms. The van der Waals surface area contributed by atoms with Gasteiger partial charge in [0.15, 0.2) is 11.2 Å². The molecule has 3 rings (SSSR count). The molecule has 0 spiro atoms. The average molecular weight is 328 g/mol. The minimum Gasteiger partial charge on any atom is -0.507 e. The zero-order chi connectivity index (χ0) is 17.3. The molecule has 2 aromatic heterocycles. The first kappa shape index (κ1) is 15.2. The molecule has 0 aliphatic rings. The molecule has 0 atom stereocenters. The summed E-state index contributed by atoms with van der Waals surface area (Å²) in [4.78, 5) is 37.0. The van der Waals surface area contributed by atoms with Gasteiger partial charge < -0.3 is 21.3 Å². The Labute approximate surface area is 134 Å². The lowest BCUT2D eigenvalue weighted by molar-refractivity contribution is 0.0694. The van der Waals surface area contributed by atoms with Crippen molar-refractivity contribution in [2.45, 2.75) is 6.54 Å². The highest BCUT2D eigenvalue weighted by Gasteiger charge is 2.10. The van der Waals surface area contributed by atoms with E-state index in [0.29, 0.717) is 11.4 Å². The first-order valence-corrected chi connectivity index (χ1v) is 6.75. The zero-order valence-electron chi connectivity index (χ0n) is 12.1. The van der Waals surface area contributed by atoms with Crippen molar-refractivity contribution in [3.63, 3.8) is 0 Å². The number of carbonyl (C=O) groups is 1. The van der Waals surface area contributed by atoms with Crippen molar-refractivity contribution in [2.24, 2.45) is 0 Å². The lowest BCUT2D eigenvalue weighted by atomic mass is 10.2. The number of aromatic nitrogens is 4. The Morgan fingerprint density at radius 2 is 2.12 bits per heavy atom. The number of carboxylic acids is 1. The lowest BCUT2D eigenvalue weighted by Gasteiger charge is -2.08. The Morgan fingerprint density at radius 1 is 1.33 bits per heavy atom. The molecular formula is C14H12N6O4. The molecule has 1 aromatic carbocycles. The fourth-order valence-electron chi connectivity index (χ4n) is 2.07. The summed E-state index contributed by atoms with van der Waals surface area (Å²) in [6.45, 7) is 0.207. The van der Waals surface area contributed by atoms with Gasteiger partial charge in [0, 0.05) is 11.8 Å². The molecule has 6 N–H and O–H groups in total. The number of nitrogen functional groups attached to an aromatic ring is 1. The van der Waals surface area contributed by atoms with Crippen LogP contribution in [0.5, 0.6) is 5.75 Å². The molecule has 2 heterocycles. The highest BCUT2D eigenvalue weighted by molar-refractivity contribution is 5.91. The van der Waals surface area contributed by atoms with Gasteiger partial charge in [-0.2, -0.15) is 4.98 Å². The number of H-pyrrole nitrogens is 1. The number of aromatic hydroxyl groups is 1. The number of fused-ring (bicyclic) bond motifs is 1. The number of rotatable bonds is 4. The monoisotopic (exact) mass is 328 g/mol. The van der Waals surface area contributed by atoms with E-state index in [1.165, 1.54) is 24.4 Å². The Hall–Kier alpha value is -3.69. The van der Waals surface area contributed by atoms with Crippen LogP contribution in [0.25, 0.3) is 11.2 Å². The normalized spacial score (nSPS) is 10.7. The van der Waals surface area contributed by atoms with E-state index >= 15 is 0 Å². The molecule has 0 unspecified atom stereocenters. The van der Waals surface area contributed by atoms with Crippen molar-refractivity contribution in [1.82, 2.24) is 19.9 Å². The van der Waals surface area contributed by atoms with E-state index in [1.807, 2.05) is 0 Å². The van der Waals surface area contributed by atoms with Crippen molar-refractivity contribution in [2.75, 3.05) is 11.1 Å². The maximum atomic E-state index is 11.8. The first-order chi connectivity index (χ1) is 11.4. The van der Waals surface area contributed by atoms with E-state index in [1.54, 1.807) is 0 Å². The van der Waals surface area contributed by atoms with Crippen LogP contribution < -0.4 is 16.6 Å². The van der Waals surface area contributed by atoms with E-state index in [0.717, 1.165) is 0 Å². The predicted molar refractivity (Wildman–Crippen MR) is 84.8 cm³/mol. The molecule has 3 aromatic rings. The van der Waals surface area contributed by atoms with Gasteiger partial charge in [-0.3, -0.25) is 9.78 Å². The summed E-state index contributed by atoms with van der Waals surface area (Å²) in [6.07, 6.45) is 1.44. The van der Waals surface area contributed by atoms with Crippen molar-refractivity contribution >= 4 is 28.8 Å². The van der Waals surface area contributed by atoms with Crippen LogP contribution in [0.4, 0.5) is 11.6 Å². The highest BCUT2D eigenvalue weighted by atomic mass is 16.4. The third-order valence-electron chi connectivity index (χ3n) is 3.19. The van der Waals surface area contributed by atoms with Gasteiger partial charge in [-0.05, 0) is 12.1 Å². The number of nitrogens with zero attached hydrogens (tertiary/aromatic N) is 3. The highest BCUT2D eigenvalue weighted by Crippen LogP contribution is 2.22. The number of nitrogens with two attached hydrogens (primary N) is 1. The van der Waals surface area contributed by atoms with Gasteiger partial charge in [-0.15, -0.1) is 0 Å². The number of nitrogens with one attached hydrogen (secondary N) is 2. The van der Waals surface area contributed by atoms with Gasteiger partial charge in [0.05, 0.1) is 18.4 Å². The fraction of sp³-hybridized carbons (Fsp3) is 0.0714. The molecule has 0 aliphatic carbocycles. The second-order valence-electron chi connectivity index (χ2n) is 4.88. The van der Waals surface area contributed by atoms with Crippen LogP contribution in [0.2, 0.25) is 0 Å². The van der Waals surface area contributed by atoms with E-state index in [2.05, 4.69) is 25.3 Å². The van der Waals surface area contributed by atoms with Crippen LogP contribution in [0.15, 0.2) is 29.2 Å². The molecule has 0 amide bonds. The van der Waals surface area contributed by atoms with Gasteiger partial charge in [0.1, 0.15) is 11.3 Å². The van der Waals surface area contributed by atoms with Crippen molar-refractivity contribution in [3.8, 4) is 5.75 Å². The van der Waals surface area contributed by atoms with Crippen LogP contribution >= 0.6 is 0 Å². The van der Waals surface area contributed by atoms with Crippen LogP contribution in [-0.2, 0) is 6.54 Å². The average Bonchev–Trinajstić information content (AvgIpc) is 2.52. The molecule has 0 saturated heterocycles. The van der Waals surface area contributed by atoms with Crippen molar-refractivity contribution in [3.05, 3.63) is 46.0 Å². The SMILES string of the molecule is Nc1nc2ncc(CNc3ccc(C(=O)O)c(O)c3)nc2c(=O)[nH]1. The predicted octanol–water partition coefficient (Wildman–Crippen LogP) is 0.311. The summed E-state index contributed by atoms with van der Waals surface area (Å²) in [5.41, 5.74) is 5.90. The molecule has 0 fully saturated rings. The molecule has 0 radical (unpaired) electrons. The van der Waals surface area contributed by atoms with Gasteiger partial charge >= 0.3 is 5.97 Å². The number of aromatic amines is 1. The summed E-state index contributed by atoms with van der Waals surface area (Å²) in [7, 11) is 0. The minimum atomic E-state index is -1.22. The zero-order valence-corrected chi connectivity index (χ0v) is 12.1. The van der Waals surface area contributed by atoms with Crippen LogP contribution in [-0.4, -0.2) is 36.1 Å². The molecule has 24 heavy (non-hydrogen) atoms. The maximum absolute atomic E-state index is 11.8. The molecule has 10 heteroatoms. The number of carboxylic acid groups (broad SMARTS) is 1. The minimum absolute atomic E-state index is 0.0401. The first-order valence-electron chi connectivity index (χ1n) is 6.75. The van der Waals surface area contributed by atoms with Crippen LogP contribution in [0.1, 0.15) is 16.1 Å². The third kappa shape index (κ3) is 2.92. The standard InChI is InChI=1S/C14H12N6O4/c15-14-19-11-10(12(22)20-14)18-7(5-17-11)4-16-6-1-2-8(13(23)24)9(21)3-6/h1-3,5,16,21H,4H2,(H,23,24)(H3,15,17,19,20,22). The summed E-state index contributed by atoms with van der Waals surface area (Å²) < 4.78 is 0. The Bertz CT molecular complexity index is 1000. The number of hydrogen-bond donors (Lipinski definition) is 5. The topological polar surface area (TPSA) is 167 Å².